The molecule has 3 aromatic carbocycles. The van der Waals surface area contributed by atoms with Crippen LogP contribution in [0.25, 0.3) is 21.7 Å². The third-order valence-electron chi connectivity index (χ3n) is 10.1. The van der Waals surface area contributed by atoms with Crippen LogP contribution in [0.3, 0.4) is 0 Å². The lowest BCUT2D eigenvalue weighted by molar-refractivity contribution is -0.0912. The van der Waals surface area contributed by atoms with Crippen LogP contribution in [0.15, 0.2) is 48.5 Å². The number of rotatable bonds is 0. The highest BCUT2D eigenvalue weighted by Gasteiger charge is 2.70. The van der Waals surface area contributed by atoms with Crippen molar-refractivity contribution in [3.63, 3.8) is 0 Å². The number of likely N-dealkylation sites (tertiary alicyclic amines) is 1. The van der Waals surface area contributed by atoms with Crippen LogP contribution in [0.1, 0.15) is 75.1 Å². The molecule has 3 nitrogen and oxygen atoms in total. The van der Waals surface area contributed by atoms with Gasteiger partial charge in [-0.1, -0.05) is 71.0 Å². The van der Waals surface area contributed by atoms with Crippen molar-refractivity contribution in [2.75, 3.05) is 13.6 Å². The van der Waals surface area contributed by atoms with E-state index in [0.29, 0.717) is 6.04 Å². The number of piperidine rings is 1. The molecule has 2 aliphatic carbocycles. The van der Waals surface area contributed by atoms with Crippen molar-refractivity contribution < 1.29 is 4.74 Å². The molecule has 194 valence electrons. The molecule has 0 saturated carbocycles. The minimum absolute atomic E-state index is 0.0632. The Morgan fingerprint density at radius 3 is 2.38 bits per heavy atom. The van der Waals surface area contributed by atoms with Crippen LogP contribution in [-0.4, -0.2) is 29.1 Å². The van der Waals surface area contributed by atoms with E-state index in [9.17, 15) is 0 Å². The number of aromatic nitrogens is 1. The van der Waals surface area contributed by atoms with Crippen molar-refractivity contribution in [3.8, 4) is 5.75 Å². The number of hydrogen-bond acceptors (Lipinski definition) is 2. The first-order valence-corrected chi connectivity index (χ1v) is 14.4. The molecule has 1 fully saturated rings. The quantitative estimate of drug-likeness (QED) is 0.247. The van der Waals surface area contributed by atoms with Crippen molar-refractivity contribution in [2.45, 2.75) is 78.4 Å². The summed E-state index contributed by atoms with van der Waals surface area (Å²) in [5, 5.41) is 4.07. The molecule has 0 unspecified atom stereocenters. The molecule has 3 heteroatoms. The fraction of sp³-hybridized carbons (Fsp3) is 0.471. The summed E-state index contributed by atoms with van der Waals surface area (Å²) >= 11 is 0. The van der Waals surface area contributed by atoms with Gasteiger partial charge in [-0.25, -0.2) is 0 Å². The minimum Gasteiger partial charge on any atom is -0.483 e. The van der Waals surface area contributed by atoms with Gasteiger partial charge in [0.15, 0.2) is 0 Å². The second-order valence-electron chi connectivity index (χ2n) is 11.4. The Balaban J connectivity index is 0.000000603. The third-order valence-corrected chi connectivity index (χ3v) is 10.1. The van der Waals surface area contributed by atoms with E-state index in [1.54, 1.807) is 5.56 Å². The monoisotopic (exact) mass is 494 g/mol. The molecule has 2 aliphatic heterocycles. The standard InChI is InChI=1S/C30H30N2O.2C2H6/c1-17-9-10-20-15-24-29(2)16-22-21-13-18-7-5-6-8-19(18)14-23(21)32(4)26(22)28-30(29,11-12-31(24)3)25(20)27(17)33-28;2*1-2/h5-10,13-14,24,28H,11-12,15-16H2,1-4H3;2*1-2H3/t24-,28+,29+,30+;;/m1../s1. The van der Waals surface area contributed by atoms with E-state index in [0.717, 1.165) is 19.4 Å². The van der Waals surface area contributed by atoms with Gasteiger partial charge in [-0.05, 0) is 79.4 Å². The molecule has 2 bridgehead atoms. The smallest absolute Gasteiger partial charge is 0.149 e. The molecular weight excluding hydrogens is 452 g/mol. The summed E-state index contributed by atoms with van der Waals surface area (Å²) in [5.74, 6) is 1.19. The van der Waals surface area contributed by atoms with Gasteiger partial charge in [0, 0.05) is 35.0 Å². The van der Waals surface area contributed by atoms with E-state index in [-0.39, 0.29) is 16.9 Å². The van der Waals surface area contributed by atoms with Crippen LogP contribution in [-0.2, 0) is 25.3 Å². The van der Waals surface area contributed by atoms with Gasteiger partial charge >= 0.3 is 0 Å². The van der Waals surface area contributed by atoms with Crippen molar-refractivity contribution >= 4 is 21.7 Å². The summed E-state index contributed by atoms with van der Waals surface area (Å²) in [4.78, 5) is 2.65. The zero-order valence-electron chi connectivity index (χ0n) is 23.9. The topological polar surface area (TPSA) is 17.4 Å². The summed E-state index contributed by atoms with van der Waals surface area (Å²) in [6.07, 6.45) is 3.53. The predicted molar refractivity (Wildman–Crippen MR) is 156 cm³/mol. The van der Waals surface area contributed by atoms with Crippen LogP contribution >= 0.6 is 0 Å². The number of hydrogen-bond donors (Lipinski definition) is 0. The molecule has 0 radical (unpaired) electrons. The lowest BCUT2D eigenvalue weighted by Gasteiger charge is -2.64. The molecule has 4 atom stereocenters. The number of aryl methyl sites for hydroxylation is 2. The Morgan fingerprint density at radius 1 is 0.946 bits per heavy atom. The predicted octanol–water partition coefficient (Wildman–Crippen LogP) is 7.89. The molecule has 3 heterocycles. The number of likely N-dealkylation sites (N-methyl/N-ethyl adjacent to an activating group) is 1. The Labute approximate surface area is 222 Å². The van der Waals surface area contributed by atoms with E-state index >= 15 is 0 Å². The highest BCUT2D eigenvalue weighted by atomic mass is 16.5. The highest BCUT2D eigenvalue weighted by molar-refractivity contribution is 5.99. The van der Waals surface area contributed by atoms with Crippen LogP contribution < -0.4 is 4.74 Å². The second-order valence-corrected chi connectivity index (χ2v) is 11.4. The van der Waals surface area contributed by atoms with E-state index in [4.69, 9.17) is 4.74 Å². The average molecular weight is 495 g/mol. The molecular formula is C34H42N2O. The van der Waals surface area contributed by atoms with Crippen LogP contribution in [0.4, 0.5) is 0 Å². The lowest BCUT2D eigenvalue weighted by Crippen LogP contribution is -2.68. The zero-order valence-corrected chi connectivity index (χ0v) is 23.9. The number of benzene rings is 3. The Bertz CT molecular complexity index is 1530. The summed E-state index contributed by atoms with van der Waals surface area (Å²) in [6.45, 7) is 14.0. The Morgan fingerprint density at radius 2 is 1.65 bits per heavy atom. The van der Waals surface area contributed by atoms with Crippen LogP contribution in [0.5, 0.6) is 5.75 Å². The molecule has 4 aliphatic rings. The van der Waals surface area contributed by atoms with Crippen molar-refractivity contribution in [3.05, 3.63) is 76.5 Å². The molecule has 1 spiro atoms. The SMILES string of the molecule is CC.CC.Cc1ccc2c3c1O[C@H]1c4c(c5cc6ccccc6cc5n4C)C[C@@]4(C)[C@@H](C2)N(C)CC[C@]314. The van der Waals surface area contributed by atoms with Gasteiger partial charge in [-0.15, -0.1) is 0 Å². The summed E-state index contributed by atoms with van der Waals surface area (Å²) < 4.78 is 9.58. The van der Waals surface area contributed by atoms with Gasteiger partial charge in [0.1, 0.15) is 11.9 Å². The molecule has 0 N–H and O–H groups in total. The van der Waals surface area contributed by atoms with Crippen molar-refractivity contribution in [1.82, 2.24) is 9.47 Å². The summed E-state index contributed by atoms with van der Waals surface area (Å²) in [6, 6.07) is 18.8. The molecule has 37 heavy (non-hydrogen) atoms. The third kappa shape index (κ3) is 2.82. The normalized spacial score (nSPS) is 28.4. The highest BCUT2D eigenvalue weighted by Crippen LogP contribution is 2.71. The van der Waals surface area contributed by atoms with E-state index in [2.05, 4.69) is 85.9 Å². The maximum absolute atomic E-state index is 7.10. The number of nitrogens with zero attached hydrogens (tertiary/aromatic N) is 2. The molecule has 1 saturated heterocycles. The first-order valence-electron chi connectivity index (χ1n) is 14.4. The van der Waals surface area contributed by atoms with Gasteiger partial charge in [-0.3, -0.25) is 0 Å². The maximum Gasteiger partial charge on any atom is 0.149 e. The Kier molecular flexibility index (Phi) is 5.55. The van der Waals surface area contributed by atoms with E-state index in [1.165, 1.54) is 56.2 Å². The van der Waals surface area contributed by atoms with Gasteiger partial charge in [0.2, 0.25) is 0 Å². The molecule has 4 aromatic rings. The molecule has 8 rings (SSSR count). The van der Waals surface area contributed by atoms with Gasteiger partial charge in [0.25, 0.3) is 0 Å². The largest absolute Gasteiger partial charge is 0.483 e. The maximum atomic E-state index is 7.10. The van der Waals surface area contributed by atoms with Crippen molar-refractivity contribution in [1.29, 1.82) is 0 Å². The van der Waals surface area contributed by atoms with E-state index < -0.39 is 0 Å². The van der Waals surface area contributed by atoms with Gasteiger partial charge in [0.05, 0.1) is 11.1 Å². The molecule has 0 amide bonds. The van der Waals surface area contributed by atoms with Gasteiger partial charge in [-0.2, -0.15) is 0 Å². The summed E-state index contributed by atoms with van der Waals surface area (Å²) in [7, 11) is 4.62. The van der Waals surface area contributed by atoms with E-state index in [1.807, 2.05) is 27.7 Å². The lowest BCUT2D eigenvalue weighted by atomic mass is 9.44. The van der Waals surface area contributed by atoms with Crippen LogP contribution in [0.2, 0.25) is 0 Å². The first kappa shape index (κ1) is 24.6. The zero-order chi connectivity index (χ0) is 26.3. The van der Waals surface area contributed by atoms with Crippen LogP contribution in [0, 0.1) is 12.3 Å². The fourth-order valence-electron chi connectivity index (χ4n) is 8.57. The fourth-order valence-corrected chi connectivity index (χ4v) is 8.57. The first-order chi connectivity index (χ1) is 17.9. The summed E-state index contributed by atoms with van der Waals surface area (Å²) in [5.41, 5.74) is 8.89. The Hall–Kier alpha value is -2.78. The minimum atomic E-state index is 0.0632. The van der Waals surface area contributed by atoms with Gasteiger partial charge < -0.3 is 14.2 Å². The van der Waals surface area contributed by atoms with Crippen molar-refractivity contribution in [2.24, 2.45) is 12.5 Å². The second kappa shape index (κ2) is 8.36. The average Bonchev–Trinajstić information content (AvgIpc) is 3.40. The molecule has 1 aromatic heterocycles. The number of fused-ring (bicyclic) bond motifs is 5. The number of ether oxygens (including phenoxy) is 1.